The van der Waals surface area contributed by atoms with Gasteiger partial charge in [-0.15, -0.1) is 0 Å². The number of aliphatic carboxylic acids is 1. The molecule has 0 bridgehead atoms. The molecule has 104 valence electrons. The van der Waals surface area contributed by atoms with Crippen molar-refractivity contribution >= 4 is 5.97 Å². The summed E-state index contributed by atoms with van der Waals surface area (Å²) < 4.78 is 0. The molecule has 0 aliphatic carbocycles. The van der Waals surface area contributed by atoms with Crippen molar-refractivity contribution in [1.82, 2.24) is 9.88 Å². The summed E-state index contributed by atoms with van der Waals surface area (Å²) in [7, 11) is 0. The van der Waals surface area contributed by atoms with Crippen LogP contribution in [-0.2, 0) is 4.79 Å². The van der Waals surface area contributed by atoms with E-state index in [2.05, 4.69) is 16.8 Å². The molecule has 0 spiro atoms. The lowest BCUT2D eigenvalue weighted by Gasteiger charge is -2.31. The SMILES string of the molecule is CC(c1ccncc1)N1CCC(C(=O)O)(C(C)C)C1. The first-order valence-electron chi connectivity index (χ1n) is 6.85. The van der Waals surface area contributed by atoms with Crippen molar-refractivity contribution in [3.05, 3.63) is 30.1 Å². The molecule has 1 aliphatic rings. The van der Waals surface area contributed by atoms with E-state index < -0.39 is 11.4 Å². The van der Waals surface area contributed by atoms with E-state index in [0.29, 0.717) is 6.54 Å². The van der Waals surface area contributed by atoms with Gasteiger partial charge in [0.25, 0.3) is 0 Å². The average Bonchev–Trinajstić information content (AvgIpc) is 2.85. The zero-order valence-corrected chi connectivity index (χ0v) is 11.8. The quantitative estimate of drug-likeness (QED) is 0.906. The smallest absolute Gasteiger partial charge is 0.311 e. The van der Waals surface area contributed by atoms with Gasteiger partial charge in [0, 0.05) is 25.0 Å². The van der Waals surface area contributed by atoms with E-state index in [1.165, 1.54) is 5.56 Å². The van der Waals surface area contributed by atoms with Gasteiger partial charge >= 0.3 is 5.97 Å². The molecular weight excluding hydrogens is 240 g/mol. The van der Waals surface area contributed by atoms with Crippen LogP contribution in [0.25, 0.3) is 0 Å². The second-order valence-electron chi connectivity index (χ2n) is 5.79. The number of likely N-dealkylation sites (tertiary alicyclic amines) is 1. The van der Waals surface area contributed by atoms with Crippen LogP contribution in [0.3, 0.4) is 0 Å². The van der Waals surface area contributed by atoms with Crippen LogP contribution in [0, 0.1) is 11.3 Å². The molecule has 0 saturated carbocycles. The summed E-state index contributed by atoms with van der Waals surface area (Å²) >= 11 is 0. The zero-order chi connectivity index (χ0) is 14.0. The molecule has 1 aromatic rings. The van der Waals surface area contributed by atoms with E-state index in [1.54, 1.807) is 12.4 Å². The van der Waals surface area contributed by atoms with Gasteiger partial charge in [-0.1, -0.05) is 13.8 Å². The Balaban J connectivity index is 2.16. The van der Waals surface area contributed by atoms with Crippen LogP contribution in [0.4, 0.5) is 0 Å². The molecule has 1 aliphatic heterocycles. The van der Waals surface area contributed by atoms with E-state index >= 15 is 0 Å². The van der Waals surface area contributed by atoms with E-state index in [-0.39, 0.29) is 12.0 Å². The lowest BCUT2D eigenvalue weighted by Crippen LogP contribution is -2.39. The Hall–Kier alpha value is -1.42. The van der Waals surface area contributed by atoms with Crippen LogP contribution in [-0.4, -0.2) is 34.0 Å². The molecule has 4 nitrogen and oxygen atoms in total. The molecular formula is C15H22N2O2. The van der Waals surface area contributed by atoms with Crippen molar-refractivity contribution in [2.75, 3.05) is 13.1 Å². The van der Waals surface area contributed by atoms with Gasteiger partial charge in [0.2, 0.25) is 0 Å². The molecule has 0 amide bonds. The molecule has 1 aromatic heterocycles. The molecule has 2 heterocycles. The maximum absolute atomic E-state index is 11.6. The van der Waals surface area contributed by atoms with Gasteiger partial charge in [-0.2, -0.15) is 0 Å². The molecule has 2 atom stereocenters. The number of hydrogen-bond acceptors (Lipinski definition) is 3. The molecule has 19 heavy (non-hydrogen) atoms. The Morgan fingerprint density at radius 1 is 1.37 bits per heavy atom. The second kappa shape index (κ2) is 5.29. The Morgan fingerprint density at radius 3 is 2.47 bits per heavy atom. The van der Waals surface area contributed by atoms with Crippen LogP contribution in [0.5, 0.6) is 0 Å². The number of nitrogens with zero attached hydrogens (tertiary/aromatic N) is 2. The van der Waals surface area contributed by atoms with Crippen molar-refractivity contribution in [2.24, 2.45) is 11.3 Å². The monoisotopic (exact) mass is 262 g/mol. The van der Waals surface area contributed by atoms with Gasteiger partial charge in [0.05, 0.1) is 5.41 Å². The molecule has 1 fully saturated rings. The van der Waals surface area contributed by atoms with Gasteiger partial charge < -0.3 is 5.11 Å². The van der Waals surface area contributed by atoms with Crippen LogP contribution in [0.2, 0.25) is 0 Å². The number of carboxylic acids is 1. The summed E-state index contributed by atoms with van der Waals surface area (Å²) in [4.78, 5) is 17.9. The summed E-state index contributed by atoms with van der Waals surface area (Å²) in [5.41, 5.74) is 0.598. The molecule has 1 N–H and O–H groups in total. The van der Waals surface area contributed by atoms with E-state index in [9.17, 15) is 9.90 Å². The Labute approximate surface area is 114 Å². The largest absolute Gasteiger partial charge is 0.481 e. The first-order valence-corrected chi connectivity index (χ1v) is 6.85. The van der Waals surface area contributed by atoms with E-state index in [1.807, 2.05) is 26.0 Å². The number of carboxylic acid groups (broad SMARTS) is 1. The highest BCUT2D eigenvalue weighted by Crippen LogP contribution is 2.41. The van der Waals surface area contributed by atoms with Crippen molar-refractivity contribution in [3.8, 4) is 0 Å². The lowest BCUT2D eigenvalue weighted by molar-refractivity contribution is -0.151. The van der Waals surface area contributed by atoms with Gasteiger partial charge in [-0.25, -0.2) is 0 Å². The molecule has 1 saturated heterocycles. The van der Waals surface area contributed by atoms with Gasteiger partial charge in [0.15, 0.2) is 0 Å². The second-order valence-corrected chi connectivity index (χ2v) is 5.79. The number of carbonyl (C=O) groups is 1. The highest BCUT2D eigenvalue weighted by molar-refractivity contribution is 5.75. The third-order valence-corrected chi connectivity index (χ3v) is 4.60. The minimum atomic E-state index is -0.660. The molecule has 0 aromatic carbocycles. The van der Waals surface area contributed by atoms with E-state index in [4.69, 9.17) is 0 Å². The van der Waals surface area contributed by atoms with Crippen LogP contribution in [0.15, 0.2) is 24.5 Å². The Bertz CT molecular complexity index is 447. The third kappa shape index (κ3) is 2.50. The maximum Gasteiger partial charge on any atom is 0.311 e. The summed E-state index contributed by atoms with van der Waals surface area (Å²) in [6.07, 6.45) is 4.30. The van der Waals surface area contributed by atoms with Crippen molar-refractivity contribution in [2.45, 2.75) is 33.2 Å². The number of hydrogen-bond donors (Lipinski definition) is 1. The first kappa shape index (κ1) is 14.0. The number of rotatable bonds is 4. The minimum Gasteiger partial charge on any atom is -0.481 e. The standard InChI is InChI=1S/C15H22N2O2/c1-11(2)15(14(18)19)6-9-17(10-15)12(3)13-4-7-16-8-5-13/h4-5,7-8,11-12H,6,9-10H2,1-3H3,(H,18,19). The predicted octanol–water partition coefficient (Wildman–Crippen LogP) is 2.58. The summed E-state index contributed by atoms with van der Waals surface area (Å²) in [6, 6.07) is 4.24. The normalized spacial score (nSPS) is 25.7. The topological polar surface area (TPSA) is 53.4 Å². The van der Waals surface area contributed by atoms with Crippen molar-refractivity contribution in [3.63, 3.8) is 0 Å². The van der Waals surface area contributed by atoms with Gasteiger partial charge in [0.1, 0.15) is 0 Å². The third-order valence-electron chi connectivity index (χ3n) is 4.60. The average molecular weight is 262 g/mol. The van der Waals surface area contributed by atoms with Crippen LogP contribution >= 0.6 is 0 Å². The predicted molar refractivity (Wildman–Crippen MR) is 73.7 cm³/mol. The number of pyridine rings is 1. The minimum absolute atomic E-state index is 0.152. The summed E-state index contributed by atoms with van der Waals surface area (Å²) in [5, 5.41) is 9.57. The molecule has 2 unspecified atom stereocenters. The fourth-order valence-electron chi connectivity index (χ4n) is 2.94. The van der Waals surface area contributed by atoms with Crippen molar-refractivity contribution in [1.29, 1.82) is 0 Å². The molecule has 0 radical (unpaired) electrons. The molecule has 4 heteroatoms. The maximum atomic E-state index is 11.6. The number of aromatic nitrogens is 1. The Kier molecular flexibility index (Phi) is 3.90. The highest BCUT2D eigenvalue weighted by atomic mass is 16.4. The van der Waals surface area contributed by atoms with Crippen LogP contribution < -0.4 is 0 Å². The van der Waals surface area contributed by atoms with Crippen molar-refractivity contribution < 1.29 is 9.90 Å². The summed E-state index contributed by atoms with van der Waals surface area (Å²) in [5.74, 6) is -0.508. The zero-order valence-electron chi connectivity index (χ0n) is 11.8. The summed E-state index contributed by atoms with van der Waals surface area (Å²) in [6.45, 7) is 7.62. The fourth-order valence-corrected chi connectivity index (χ4v) is 2.94. The first-order chi connectivity index (χ1) is 8.97. The fraction of sp³-hybridized carbons (Fsp3) is 0.600. The Morgan fingerprint density at radius 2 is 2.00 bits per heavy atom. The molecule has 2 rings (SSSR count). The van der Waals surface area contributed by atoms with E-state index in [0.717, 1.165) is 13.0 Å². The van der Waals surface area contributed by atoms with Gasteiger partial charge in [-0.05, 0) is 43.5 Å². The van der Waals surface area contributed by atoms with Crippen LogP contribution in [0.1, 0.15) is 38.8 Å². The highest BCUT2D eigenvalue weighted by Gasteiger charge is 2.48. The van der Waals surface area contributed by atoms with Gasteiger partial charge in [-0.3, -0.25) is 14.7 Å². The lowest BCUT2D eigenvalue weighted by atomic mass is 9.76.